The van der Waals surface area contributed by atoms with Crippen LogP contribution in [0.15, 0.2) is 12.3 Å². The zero-order valence-electron chi connectivity index (χ0n) is 8.66. The average molecular weight is 191 g/mol. The molecule has 0 spiro atoms. The number of nitrogens with zero attached hydrogens (tertiary/aromatic N) is 2. The van der Waals surface area contributed by atoms with E-state index in [0.717, 1.165) is 31.0 Å². The van der Waals surface area contributed by atoms with Gasteiger partial charge in [-0.3, -0.25) is 0 Å². The third-order valence-corrected chi connectivity index (χ3v) is 2.75. The summed E-state index contributed by atoms with van der Waals surface area (Å²) in [5.41, 5.74) is 7.76. The van der Waals surface area contributed by atoms with Gasteiger partial charge in [-0.1, -0.05) is 6.92 Å². The summed E-state index contributed by atoms with van der Waals surface area (Å²) in [7, 11) is 0. The number of nitrogen functional groups attached to an aromatic ring is 1. The Labute approximate surface area is 84.9 Å². The molecule has 76 valence electrons. The van der Waals surface area contributed by atoms with Crippen molar-refractivity contribution in [3.05, 3.63) is 17.8 Å². The second-order valence-corrected chi connectivity index (χ2v) is 3.80. The normalized spacial score (nSPS) is 16.2. The topological polar surface area (TPSA) is 42.1 Å². The predicted molar refractivity (Wildman–Crippen MR) is 59.5 cm³/mol. The molecule has 1 aliphatic rings. The van der Waals surface area contributed by atoms with Gasteiger partial charge in [0.2, 0.25) is 0 Å². The van der Waals surface area contributed by atoms with Crippen molar-refractivity contribution in [2.75, 3.05) is 23.7 Å². The summed E-state index contributed by atoms with van der Waals surface area (Å²) in [6.07, 6.45) is 5.33. The van der Waals surface area contributed by atoms with Crippen molar-refractivity contribution >= 4 is 11.5 Å². The lowest BCUT2D eigenvalue weighted by Crippen LogP contribution is -2.20. The Kier molecular flexibility index (Phi) is 2.57. The van der Waals surface area contributed by atoms with E-state index in [1.54, 1.807) is 6.20 Å². The summed E-state index contributed by atoms with van der Waals surface area (Å²) in [5.74, 6) is 1.14. The molecule has 0 unspecified atom stereocenters. The largest absolute Gasteiger partial charge is 0.397 e. The number of aromatic nitrogens is 1. The van der Waals surface area contributed by atoms with Crippen molar-refractivity contribution in [1.29, 1.82) is 0 Å². The van der Waals surface area contributed by atoms with E-state index in [-0.39, 0.29) is 0 Å². The minimum Gasteiger partial charge on any atom is -0.397 e. The number of rotatable bonds is 2. The highest BCUT2D eigenvalue weighted by atomic mass is 15.2. The SMILES string of the molecule is CCc1cc(N)cnc1N1CCCC1. The lowest BCUT2D eigenvalue weighted by Gasteiger charge is -2.19. The molecule has 1 aliphatic heterocycles. The highest BCUT2D eigenvalue weighted by Crippen LogP contribution is 2.23. The molecule has 0 atom stereocenters. The summed E-state index contributed by atoms with van der Waals surface area (Å²) in [4.78, 5) is 6.79. The maximum atomic E-state index is 5.72. The lowest BCUT2D eigenvalue weighted by molar-refractivity contribution is 0.914. The van der Waals surface area contributed by atoms with Crippen LogP contribution in [0.1, 0.15) is 25.3 Å². The maximum Gasteiger partial charge on any atom is 0.131 e. The third kappa shape index (κ3) is 1.67. The smallest absolute Gasteiger partial charge is 0.131 e. The van der Waals surface area contributed by atoms with E-state index in [9.17, 15) is 0 Å². The Bertz CT molecular complexity index is 316. The van der Waals surface area contributed by atoms with Gasteiger partial charge in [0.15, 0.2) is 0 Å². The predicted octanol–water partition coefficient (Wildman–Crippen LogP) is 1.83. The molecule has 1 aromatic heterocycles. The molecule has 1 aromatic rings. The van der Waals surface area contributed by atoms with Crippen LogP contribution in [0.25, 0.3) is 0 Å². The number of nitrogens with two attached hydrogens (primary N) is 1. The van der Waals surface area contributed by atoms with Crippen LogP contribution in [0.2, 0.25) is 0 Å². The Morgan fingerprint density at radius 1 is 1.43 bits per heavy atom. The number of pyridine rings is 1. The van der Waals surface area contributed by atoms with Gasteiger partial charge < -0.3 is 10.6 Å². The summed E-state index contributed by atoms with van der Waals surface area (Å²) < 4.78 is 0. The molecule has 0 aromatic carbocycles. The fourth-order valence-corrected chi connectivity index (χ4v) is 2.00. The zero-order chi connectivity index (χ0) is 9.97. The molecular weight excluding hydrogens is 174 g/mol. The molecule has 3 nitrogen and oxygen atoms in total. The lowest BCUT2D eigenvalue weighted by atomic mass is 10.2. The van der Waals surface area contributed by atoms with Crippen LogP contribution in [0.3, 0.4) is 0 Å². The van der Waals surface area contributed by atoms with E-state index in [1.165, 1.54) is 18.4 Å². The van der Waals surface area contributed by atoms with Gasteiger partial charge in [-0.25, -0.2) is 4.98 Å². The second kappa shape index (κ2) is 3.86. The van der Waals surface area contributed by atoms with Crippen molar-refractivity contribution in [3.8, 4) is 0 Å². The third-order valence-electron chi connectivity index (χ3n) is 2.75. The van der Waals surface area contributed by atoms with E-state index in [0.29, 0.717) is 0 Å². The fourth-order valence-electron chi connectivity index (χ4n) is 2.00. The molecule has 2 heterocycles. The highest BCUT2D eigenvalue weighted by molar-refractivity contribution is 5.53. The van der Waals surface area contributed by atoms with Crippen molar-refractivity contribution < 1.29 is 0 Å². The first kappa shape index (κ1) is 9.31. The quantitative estimate of drug-likeness (QED) is 0.775. The van der Waals surface area contributed by atoms with E-state index >= 15 is 0 Å². The Morgan fingerprint density at radius 3 is 2.79 bits per heavy atom. The molecule has 0 radical (unpaired) electrons. The number of aryl methyl sites for hydroxylation is 1. The number of hydrogen-bond donors (Lipinski definition) is 1. The van der Waals surface area contributed by atoms with E-state index < -0.39 is 0 Å². The van der Waals surface area contributed by atoms with Crippen molar-refractivity contribution in [1.82, 2.24) is 4.98 Å². The maximum absolute atomic E-state index is 5.72. The number of hydrogen-bond acceptors (Lipinski definition) is 3. The number of anilines is 2. The summed E-state index contributed by atoms with van der Waals surface area (Å²) in [6, 6.07) is 2.04. The van der Waals surface area contributed by atoms with Crippen LogP contribution in [-0.2, 0) is 6.42 Å². The van der Waals surface area contributed by atoms with Crippen LogP contribution in [0.4, 0.5) is 11.5 Å². The molecule has 2 N–H and O–H groups in total. The summed E-state index contributed by atoms with van der Waals surface area (Å²) >= 11 is 0. The van der Waals surface area contributed by atoms with E-state index in [4.69, 9.17) is 5.73 Å². The van der Waals surface area contributed by atoms with Crippen LogP contribution < -0.4 is 10.6 Å². The molecule has 0 bridgehead atoms. The summed E-state index contributed by atoms with van der Waals surface area (Å²) in [6.45, 7) is 4.43. The van der Waals surface area contributed by atoms with Crippen LogP contribution in [0.5, 0.6) is 0 Å². The Morgan fingerprint density at radius 2 is 2.14 bits per heavy atom. The Balaban J connectivity index is 2.31. The first-order valence-corrected chi connectivity index (χ1v) is 5.30. The van der Waals surface area contributed by atoms with Gasteiger partial charge in [0.25, 0.3) is 0 Å². The van der Waals surface area contributed by atoms with Crippen LogP contribution >= 0.6 is 0 Å². The standard InChI is InChI=1S/C11H17N3/c1-2-9-7-10(12)8-13-11(9)14-5-3-4-6-14/h7-8H,2-6,12H2,1H3. The fraction of sp³-hybridized carbons (Fsp3) is 0.545. The second-order valence-electron chi connectivity index (χ2n) is 3.80. The zero-order valence-corrected chi connectivity index (χ0v) is 8.66. The van der Waals surface area contributed by atoms with Gasteiger partial charge in [0, 0.05) is 13.1 Å². The van der Waals surface area contributed by atoms with Gasteiger partial charge in [-0.05, 0) is 30.9 Å². The van der Waals surface area contributed by atoms with E-state index in [2.05, 4.69) is 16.8 Å². The molecule has 14 heavy (non-hydrogen) atoms. The van der Waals surface area contributed by atoms with Gasteiger partial charge in [0.1, 0.15) is 5.82 Å². The molecular formula is C11H17N3. The molecule has 1 fully saturated rings. The van der Waals surface area contributed by atoms with Gasteiger partial charge in [-0.2, -0.15) is 0 Å². The molecule has 1 saturated heterocycles. The van der Waals surface area contributed by atoms with Crippen LogP contribution in [-0.4, -0.2) is 18.1 Å². The molecule has 0 amide bonds. The monoisotopic (exact) mass is 191 g/mol. The highest BCUT2D eigenvalue weighted by Gasteiger charge is 2.16. The van der Waals surface area contributed by atoms with Gasteiger partial charge in [-0.15, -0.1) is 0 Å². The first-order chi connectivity index (χ1) is 6.81. The van der Waals surface area contributed by atoms with E-state index in [1.807, 2.05) is 6.07 Å². The van der Waals surface area contributed by atoms with Gasteiger partial charge >= 0.3 is 0 Å². The minimum atomic E-state index is 0.768. The van der Waals surface area contributed by atoms with Crippen molar-refractivity contribution in [2.45, 2.75) is 26.2 Å². The summed E-state index contributed by atoms with van der Waals surface area (Å²) in [5, 5.41) is 0. The molecule has 0 aliphatic carbocycles. The molecule has 3 heteroatoms. The van der Waals surface area contributed by atoms with Crippen molar-refractivity contribution in [2.24, 2.45) is 0 Å². The Hall–Kier alpha value is -1.25. The van der Waals surface area contributed by atoms with Crippen LogP contribution in [0, 0.1) is 0 Å². The average Bonchev–Trinajstić information content (AvgIpc) is 2.70. The first-order valence-electron chi connectivity index (χ1n) is 5.30. The molecule has 0 saturated carbocycles. The molecule has 2 rings (SSSR count). The minimum absolute atomic E-state index is 0.768. The van der Waals surface area contributed by atoms with Crippen molar-refractivity contribution in [3.63, 3.8) is 0 Å². The van der Waals surface area contributed by atoms with Gasteiger partial charge in [0.05, 0.1) is 11.9 Å².